The van der Waals surface area contributed by atoms with E-state index >= 15 is 0 Å². The predicted molar refractivity (Wildman–Crippen MR) is 73.4 cm³/mol. The first kappa shape index (κ1) is 13.9. The van der Waals surface area contributed by atoms with Crippen molar-refractivity contribution in [3.63, 3.8) is 0 Å². The molecule has 0 spiro atoms. The molecule has 0 atom stereocenters. The topological polar surface area (TPSA) is 37.8 Å². The van der Waals surface area contributed by atoms with Gasteiger partial charge in [0.25, 0.3) is 0 Å². The SMILES string of the molecule is CCNc1cc(C(C)C)nc(CCC(C)C)n1. The number of nitrogens with one attached hydrogen (secondary N) is 1. The molecule has 1 aromatic rings. The lowest BCUT2D eigenvalue weighted by Gasteiger charge is -2.11. The lowest BCUT2D eigenvalue weighted by atomic mass is 10.1. The number of aromatic nitrogens is 2. The second-order valence-corrected chi connectivity index (χ2v) is 5.21. The molecule has 0 amide bonds. The maximum atomic E-state index is 4.64. The minimum atomic E-state index is 0.452. The highest BCUT2D eigenvalue weighted by molar-refractivity contribution is 5.36. The van der Waals surface area contributed by atoms with Crippen LogP contribution in [0.5, 0.6) is 0 Å². The van der Waals surface area contributed by atoms with Crippen LogP contribution in [0, 0.1) is 5.92 Å². The third kappa shape index (κ3) is 4.72. The molecule has 0 fully saturated rings. The quantitative estimate of drug-likeness (QED) is 0.818. The fourth-order valence-electron chi connectivity index (χ4n) is 1.61. The maximum absolute atomic E-state index is 4.64. The molecule has 1 aromatic heterocycles. The minimum Gasteiger partial charge on any atom is -0.370 e. The van der Waals surface area contributed by atoms with Crippen LogP contribution in [-0.4, -0.2) is 16.5 Å². The molecule has 0 aliphatic heterocycles. The van der Waals surface area contributed by atoms with E-state index in [0.717, 1.165) is 36.7 Å². The van der Waals surface area contributed by atoms with Crippen LogP contribution < -0.4 is 5.32 Å². The molecule has 0 unspecified atom stereocenters. The number of aryl methyl sites for hydroxylation is 1. The molecule has 0 aliphatic carbocycles. The largest absolute Gasteiger partial charge is 0.370 e. The second-order valence-electron chi connectivity index (χ2n) is 5.21. The van der Waals surface area contributed by atoms with Gasteiger partial charge in [-0.2, -0.15) is 0 Å². The van der Waals surface area contributed by atoms with E-state index in [1.165, 1.54) is 0 Å². The molecule has 3 nitrogen and oxygen atoms in total. The van der Waals surface area contributed by atoms with Gasteiger partial charge >= 0.3 is 0 Å². The summed E-state index contributed by atoms with van der Waals surface area (Å²) in [5, 5.41) is 3.28. The molecule has 0 aromatic carbocycles. The van der Waals surface area contributed by atoms with E-state index in [1.54, 1.807) is 0 Å². The Morgan fingerprint density at radius 3 is 2.41 bits per heavy atom. The summed E-state index contributed by atoms with van der Waals surface area (Å²) >= 11 is 0. The summed E-state index contributed by atoms with van der Waals surface area (Å²) in [5.74, 6) is 3.09. The van der Waals surface area contributed by atoms with Gasteiger partial charge in [0.2, 0.25) is 0 Å². The third-order valence-corrected chi connectivity index (χ3v) is 2.69. The van der Waals surface area contributed by atoms with Crippen molar-refractivity contribution in [2.24, 2.45) is 5.92 Å². The monoisotopic (exact) mass is 235 g/mol. The zero-order valence-electron chi connectivity index (χ0n) is 11.7. The summed E-state index contributed by atoms with van der Waals surface area (Å²) in [6.45, 7) is 11.8. The molecular formula is C14H25N3. The van der Waals surface area contributed by atoms with Crippen molar-refractivity contribution in [3.05, 3.63) is 17.6 Å². The van der Waals surface area contributed by atoms with Gasteiger partial charge in [-0.05, 0) is 25.2 Å². The van der Waals surface area contributed by atoms with Gasteiger partial charge in [0, 0.05) is 24.7 Å². The van der Waals surface area contributed by atoms with Crippen molar-refractivity contribution in [1.29, 1.82) is 0 Å². The molecule has 3 heteroatoms. The zero-order valence-corrected chi connectivity index (χ0v) is 11.7. The number of hydrogen-bond donors (Lipinski definition) is 1. The molecule has 0 bridgehead atoms. The predicted octanol–water partition coefficient (Wildman–Crippen LogP) is 3.62. The highest BCUT2D eigenvalue weighted by Gasteiger charge is 2.08. The van der Waals surface area contributed by atoms with Crippen LogP contribution in [0.2, 0.25) is 0 Å². The van der Waals surface area contributed by atoms with Gasteiger partial charge in [0.1, 0.15) is 11.6 Å². The molecule has 1 rings (SSSR count). The third-order valence-electron chi connectivity index (χ3n) is 2.69. The van der Waals surface area contributed by atoms with Gasteiger partial charge in [-0.3, -0.25) is 0 Å². The van der Waals surface area contributed by atoms with Crippen LogP contribution in [0.4, 0.5) is 5.82 Å². The Morgan fingerprint density at radius 2 is 1.88 bits per heavy atom. The zero-order chi connectivity index (χ0) is 12.8. The highest BCUT2D eigenvalue weighted by Crippen LogP contribution is 2.17. The van der Waals surface area contributed by atoms with Crippen molar-refractivity contribution in [2.75, 3.05) is 11.9 Å². The van der Waals surface area contributed by atoms with Gasteiger partial charge < -0.3 is 5.32 Å². The summed E-state index contributed by atoms with van der Waals surface area (Å²) in [7, 11) is 0. The molecule has 0 saturated heterocycles. The van der Waals surface area contributed by atoms with Gasteiger partial charge in [0.05, 0.1) is 0 Å². The first-order chi connectivity index (χ1) is 8.02. The maximum Gasteiger partial charge on any atom is 0.131 e. The van der Waals surface area contributed by atoms with Crippen molar-refractivity contribution in [3.8, 4) is 0 Å². The highest BCUT2D eigenvalue weighted by atomic mass is 15.0. The Hall–Kier alpha value is -1.12. The Morgan fingerprint density at radius 1 is 1.18 bits per heavy atom. The van der Waals surface area contributed by atoms with Crippen LogP contribution >= 0.6 is 0 Å². The van der Waals surface area contributed by atoms with Crippen LogP contribution in [0.1, 0.15) is 58.5 Å². The van der Waals surface area contributed by atoms with E-state index in [1.807, 2.05) is 0 Å². The standard InChI is InChI=1S/C14H25N3/c1-6-15-14-9-12(11(4)5)16-13(17-14)8-7-10(2)3/h9-11H,6-8H2,1-5H3,(H,15,16,17). The van der Waals surface area contributed by atoms with Crippen molar-refractivity contribution in [2.45, 2.75) is 53.4 Å². The van der Waals surface area contributed by atoms with E-state index in [-0.39, 0.29) is 0 Å². The average molecular weight is 235 g/mol. The van der Waals surface area contributed by atoms with Crippen LogP contribution in [0.25, 0.3) is 0 Å². The molecule has 96 valence electrons. The van der Waals surface area contributed by atoms with Gasteiger partial charge in [0.15, 0.2) is 0 Å². The van der Waals surface area contributed by atoms with Gasteiger partial charge in [-0.15, -0.1) is 0 Å². The molecule has 17 heavy (non-hydrogen) atoms. The summed E-state index contributed by atoms with van der Waals surface area (Å²) in [6.07, 6.45) is 2.11. The Kier molecular flexibility index (Phi) is 5.39. The number of rotatable bonds is 6. The molecule has 1 heterocycles. The molecule has 0 aliphatic rings. The van der Waals surface area contributed by atoms with Crippen molar-refractivity contribution < 1.29 is 0 Å². The van der Waals surface area contributed by atoms with E-state index in [0.29, 0.717) is 11.8 Å². The summed E-state index contributed by atoms with van der Waals surface area (Å²) in [6, 6.07) is 2.06. The normalized spacial score (nSPS) is 11.2. The Balaban J connectivity index is 2.87. The first-order valence-corrected chi connectivity index (χ1v) is 6.64. The molecule has 0 saturated carbocycles. The van der Waals surface area contributed by atoms with Crippen molar-refractivity contribution >= 4 is 5.82 Å². The van der Waals surface area contributed by atoms with Crippen molar-refractivity contribution in [1.82, 2.24) is 9.97 Å². The van der Waals surface area contributed by atoms with E-state index in [9.17, 15) is 0 Å². The van der Waals surface area contributed by atoms with Crippen LogP contribution in [0.3, 0.4) is 0 Å². The summed E-state index contributed by atoms with van der Waals surface area (Å²) in [5.41, 5.74) is 1.13. The average Bonchev–Trinajstić information content (AvgIpc) is 2.26. The Labute approximate surface area is 105 Å². The lowest BCUT2D eigenvalue weighted by Crippen LogP contribution is -2.08. The Bertz CT molecular complexity index is 345. The first-order valence-electron chi connectivity index (χ1n) is 6.64. The van der Waals surface area contributed by atoms with Crippen LogP contribution in [-0.2, 0) is 6.42 Å². The molecule has 1 N–H and O–H groups in total. The van der Waals surface area contributed by atoms with E-state index in [4.69, 9.17) is 0 Å². The van der Waals surface area contributed by atoms with Gasteiger partial charge in [-0.25, -0.2) is 9.97 Å². The minimum absolute atomic E-state index is 0.452. The van der Waals surface area contributed by atoms with E-state index in [2.05, 4.69) is 56.0 Å². The summed E-state index contributed by atoms with van der Waals surface area (Å²) < 4.78 is 0. The fraction of sp³-hybridized carbons (Fsp3) is 0.714. The fourth-order valence-corrected chi connectivity index (χ4v) is 1.61. The second kappa shape index (κ2) is 6.58. The van der Waals surface area contributed by atoms with E-state index < -0.39 is 0 Å². The number of nitrogens with zero attached hydrogens (tertiary/aromatic N) is 2. The van der Waals surface area contributed by atoms with Crippen LogP contribution in [0.15, 0.2) is 6.07 Å². The number of anilines is 1. The number of hydrogen-bond acceptors (Lipinski definition) is 3. The molecular weight excluding hydrogens is 210 g/mol. The molecule has 0 radical (unpaired) electrons. The van der Waals surface area contributed by atoms with Gasteiger partial charge in [-0.1, -0.05) is 27.7 Å². The lowest BCUT2D eigenvalue weighted by molar-refractivity contribution is 0.572. The summed E-state index contributed by atoms with van der Waals surface area (Å²) in [4.78, 5) is 9.19. The smallest absolute Gasteiger partial charge is 0.131 e.